The first-order valence-electron chi connectivity index (χ1n) is 11.1. The molecule has 186 valence electrons. The van der Waals surface area contributed by atoms with Crippen LogP contribution in [0.15, 0.2) is 36.5 Å². The fourth-order valence-corrected chi connectivity index (χ4v) is 4.70. The molecule has 0 saturated carbocycles. The maximum atomic E-state index is 13.5. The summed E-state index contributed by atoms with van der Waals surface area (Å²) in [4.78, 5) is 7.40. The topological polar surface area (TPSA) is 81.9 Å². The van der Waals surface area contributed by atoms with E-state index in [1.165, 1.54) is 11.0 Å². The molecule has 0 aliphatic carbocycles. The van der Waals surface area contributed by atoms with E-state index >= 15 is 0 Å². The summed E-state index contributed by atoms with van der Waals surface area (Å²) in [7, 11) is 0. The van der Waals surface area contributed by atoms with Crippen LogP contribution in [0, 0.1) is 11.3 Å². The molecule has 0 spiro atoms. The average Bonchev–Trinajstić information content (AvgIpc) is 2.99. The van der Waals surface area contributed by atoms with Crippen molar-refractivity contribution < 1.29 is 27.8 Å². The van der Waals surface area contributed by atoms with Gasteiger partial charge in [0.15, 0.2) is 11.3 Å². The Hall–Kier alpha value is -2.94. The number of halogens is 3. The van der Waals surface area contributed by atoms with Crippen molar-refractivity contribution in [3.8, 4) is 11.9 Å². The van der Waals surface area contributed by atoms with Crippen LogP contribution >= 0.6 is 12.2 Å². The summed E-state index contributed by atoms with van der Waals surface area (Å²) >= 11 is 5.59. The van der Waals surface area contributed by atoms with Crippen molar-refractivity contribution in [2.45, 2.75) is 57.3 Å². The van der Waals surface area contributed by atoms with Crippen LogP contribution in [0.4, 0.5) is 18.9 Å². The standard InChI is InChI=1S/C24H25F3N4O3S/c1-23(2)21(32)31(17-5-4-16(12-28)19(11-17)24(25,26)27)22(35)30(23)14-15-3-6-20(29-13-15)34-18-7-9-33-10-8-18/h3-6,11,13,18,21,32H,7-10,14H2,1-2H3. The van der Waals surface area contributed by atoms with Gasteiger partial charge in [0, 0.05) is 37.3 Å². The Morgan fingerprint density at radius 2 is 1.97 bits per heavy atom. The van der Waals surface area contributed by atoms with Crippen LogP contribution in [0.25, 0.3) is 0 Å². The number of hydrogen-bond acceptors (Lipinski definition) is 6. The minimum absolute atomic E-state index is 0.0581. The second-order valence-electron chi connectivity index (χ2n) is 9.04. The molecule has 3 heterocycles. The molecule has 2 fully saturated rings. The first-order chi connectivity index (χ1) is 16.5. The van der Waals surface area contributed by atoms with Crippen LogP contribution in [0.3, 0.4) is 0 Å². The molecule has 2 aliphatic rings. The van der Waals surface area contributed by atoms with E-state index in [2.05, 4.69) is 4.98 Å². The summed E-state index contributed by atoms with van der Waals surface area (Å²) in [5.74, 6) is 0.503. The number of anilines is 1. The zero-order valence-electron chi connectivity index (χ0n) is 19.2. The average molecular weight is 507 g/mol. The van der Waals surface area contributed by atoms with Crippen molar-refractivity contribution >= 4 is 23.0 Å². The third-order valence-electron chi connectivity index (χ3n) is 6.31. The maximum Gasteiger partial charge on any atom is 0.417 e. The lowest BCUT2D eigenvalue weighted by atomic mass is 10.0. The number of nitriles is 1. The van der Waals surface area contributed by atoms with Crippen LogP contribution in [-0.4, -0.2) is 51.2 Å². The summed E-state index contributed by atoms with van der Waals surface area (Å²) in [6.45, 7) is 5.12. The summed E-state index contributed by atoms with van der Waals surface area (Å²) < 4.78 is 51.7. The lowest BCUT2D eigenvalue weighted by molar-refractivity contribution is -0.137. The van der Waals surface area contributed by atoms with E-state index in [0.717, 1.165) is 30.5 Å². The number of ether oxygens (including phenoxy) is 2. The van der Waals surface area contributed by atoms with Gasteiger partial charge in [-0.2, -0.15) is 18.4 Å². The monoisotopic (exact) mass is 506 g/mol. The van der Waals surface area contributed by atoms with Crippen molar-refractivity contribution in [1.82, 2.24) is 9.88 Å². The molecular weight excluding hydrogens is 481 g/mol. The first kappa shape index (κ1) is 25.2. The van der Waals surface area contributed by atoms with Gasteiger partial charge in [-0.25, -0.2) is 4.98 Å². The number of hydrogen-bond donors (Lipinski definition) is 1. The fraction of sp³-hybridized carbons (Fsp3) is 0.458. The van der Waals surface area contributed by atoms with Gasteiger partial charge in [-0.15, -0.1) is 0 Å². The lowest BCUT2D eigenvalue weighted by Gasteiger charge is -2.33. The second kappa shape index (κ2) is 9.60. The number of thiocarbonyl (C=S) groups is 1. The van der Waals surface area contributed by atoms with E-state index in [-0.39, 0.29) is 23.4 Å². The van der Waals surface area contributed by atoms with E-state index in [0.29, 0.717) is 19.1 Å². The number of nitrogens with zero attached hydrogens (tertiary/aromatic N) is 4. The number of alkyl halides is 3. The normalized spacial score (nSPS) is 20.7. The molecule has 1 N–H and O–H groups in total. The van der Waals surface area contributed by atoms with Gasteiger partial charge in [-0.1, -0.05) is 6.07 Å². The van der Waals surface area contributed by atoms with Gasteiger partial charge in [0.25, 0.3) is 0 Å². The van der Waals surface area contributed by atoms with Gasteiger partial charge >= 0.3 is 6.18 Å². The van der Waals surface area contributed by atoms with Crippen molar-refractivity contribution in [3.05, 3.63) is 53.2 Å². The lowest BCUT2D eigenvalue weighted by Crippen LogP contribution is -2.46. The molecule has 1 aromatic carbocycles. The van der Waals surface area contributed by atoms with Crippen molar-refractivity contribution in [2.24, 2.45) is 0 Å². The van der Waals surface area contributed by atoms with Gasteiger partial charge in [0.05, 0.1) is 35.9 Å². The fourth-order valence-electron chi connectivity index (χ4n) is 4.19. The van der Waals surface area contributed by atoms with Gasteiger partial charge in [0.1, 0.15) is 6.10 Å². The quantitative estimate of drug-likeness (QED) is 0.604. The predicted octanol–water partition coefficient (Wildman–Crippen LogP) is 4.23. The molecule has 11 heteroatoms. The Morgan fingerprint density at radius 1 is 1.26 bits per heavy atom. The Balaban J connectivity index is 1.54. The van der Waals surface area contributed by atoms with E-state index in [1.54, 1.807) is 37.1 Å². The van der Waals surface area contributed by atoms with E-state index in [1.807, 2.05) is 6.07 Å². The molecule has 0 radical (unpaired) electrons. The first-order valence-corrected chi connectivity index (χ1v) is 11.5. The van der Waals surface area contributed by atoms with Crippen molar-refractivity contribution in [1.29, 1.82) is 5.26 Å². The zero-order chi connectivity index (χ0) is 25.4. The molecule has 4 rings (SSSR count). The molecule has 0 bridgehead atoms. The summed E-state index contributed by atoms with van der Waals surface area (Å²) in [5.41, 5.74) is -1.63. The number of aromatic nitrogens is 1. The van der Waals surface area contributed by atoms with Gasteiger partial charge in [0.2, 0.25) is 5.88 Å². The number of aliphatic hydroxyl groups excluding tert-OH is 1. The number of rotatable bonds is 5. The molecule has 1 unspecified atom stereocenters. The maximum absolute atomic E-state index is 13.5. The Morgan fingerprint density at radius 3 is 2.57 bits per heavy atom. The van der Waals surface area contributed by atoms with E-state index in [4.69, 9.17) is 27.0 Å². The number of aliphatic hydroxyl groups is 1. The molecule has 2 aliphatic heterocycles. The number of benzene rings is 1. The molecule has 35 heavy (non-hydrogen) atoms. The molecule has 1 aromatic heterocycles. The minimum Gasteiger partial charge on any atom is -0.474 e. The third kappa shape index (κ3) is 5.05. The minimum atomic E-state index is -4.72. The van der Waals surface area contributed by atoms with Crippen molar-refractivity contribution in [3.63, 3.8) is 0 Å². The number of pyridine rings is 1. The van der Waals surface area contributed by atoms with Crippen LogP contribution in [0.2, 0.25) is 0 Å². The summed E-state index contributed by atoms with van der Waals surface area (Å²) in [6.07, 6.45) is -2.61. The predicted molar refractivity (Wildman–Crippen MR) is 126 cm³/mol. The smallest absolute Gasteiger partial charge is 0.417 e. The van der Waals surface area contributed by atoms with Crippen LogP contribution < -0.4 is 9.64 Å². The van der Waals surface area contributed by atoms with Gasteiger partial charge in [-0.05, 0) is 49.8 Å². The van der Waals surface area contributed by atoms with E-state index in [9.17, 15) is 18.3 Å². The Labute approximate surface area is 206 Å². The second-order valence-corrected chi connectivity index (χ2v) is 9.40. The molecule has 7 nitrogen and oxygen atoms in total. The van der Waals surface area contributed by atoms with Crippen LogP contribution in [-0.2, 0) is 17.5 Å². The van der Waals surface area contributed by atoms with E-state index < -0.39 is 29.1 Å². The summed E-state index contributed by atoms with van der Waals surface area (Å²) in [5, 5.41) is 20.3. The molecule has 1 atom stereocenters. The molecule has 2 saturated heterocycles. The Bertz CT molecular complexity index is 1130. The molecular formula is C24H25F3N4O3S. The van der Waals surface area contributed by atoms with Crippen LogP contribution in [0.5, 0.6) is 5.88 Å². The highest BCUT2D eigenvalue weighted by Crippen LogP contribution is 2.40. The zero-order valence-corrected chi connectivity index (χ0v) is 20.1. The molecule has 0 amide bonds. The van der Waals surface area contributed by atoms with Gasteiger partial charge < -0.3 is 19.5 Å². The van der Waals surface area contributed by atoms with Crippen LogP contribution in [0.1, 0.15) is 43.4 Å². The SMILES string of the molecule is CC1(C)C(O)N(c2ccc(C#N)c(C(F)(F)F)c2)C(=S)N1Cc1ccc(OC2CCOCC2)nc1. The summed E-state index contributed by atoms with van der Waals surface area (Å²) in [6, 6.07) is 8.46. The van der Waals surface area contributed by atoms with Gasteiger partial charge in [-0.3, -0.25) is 4.90 Å². The highest BCUT2D eigenvalue weighted by Gasteiger charge is 2.49. The molecule has 2 aromatic rings. The van der Waals surface area contributed by atoms with Crippen molar-refractivity contribution in [2.75, 3.05) is 18.1 Å². The highest BCUT2D eigenvalue weighted by atomic mass is 32.1. The third-order valence-corrected chi connectivity index (χ3v) is 6.73. The largest absolute Gasteiger partial charge is 0.474 e. The Kier molecular flexibility index (Phi) is 6.90. The highest BCUT2D eigenvalue weighted by molar-refractivity contribution is 7.80.